The van der Waals surface area contributed by atoms with E-state index < -0.39 is 0 Å². The van der Waals surface area contributed by atoms with Gasteiger partial charge in [-0.15, -0.1) is 0 Å². The largest absolute Gasteiger partial charge is 0.497 e. The van der Waals surface area contributed by atoms with Crippen molar-refractivity contribution in [3.8, 4) is 5.75 Å². The highest BCUT2D eigenvalue weighted by atomic mass is 16.5. The van der Waals surface area contributed by atoms with Gasteiger partial charge in [0.2, 0.25) is 5.91 Å². The molecule has 0 bridgehead atoms. The Balaban J connectivity index is 2.01. The standard InChI is InChI=1S/C17H23NO2/c1-4-9-18-15-8-6-12-5-7-13(20-3)10-14(12)16(15)11(2)17(18)19/h5,7,10-11,15-16H,4,6,8-9H2,1-3H3/t11-,15+,16-/m1/s1. The van der Waals surface area contributed by atoms with Crippen molar-refractivity contribution in [2.24, 2.45) is 5.92 Å². The number of hydrogen-bond donors (Lipinski definition) is 0. The molecule has 3 atom stereocenters. The molecule has 1 saturated heterocycles. The van der Waals surface area contributed by atoms with E-state index in [0.29, 0.717) is 17.9 Å². The number of nitrogens with zero attached hydrogens (tertiary/aromatic N) is 1. The van der Waals surface area contributed by atoms with Crippen molar-refractivity contribution in [3.63, 3.8) is 0 Å². The monoisotopic (exact) mass is 273 g/mol. The van der Waals surface area contributed by atoms with Crippen molar-refractivity contribution >= 4 is 5.91 Å². The van der Waals surface area contributed by atoms with Gasteiger partial charge in [0, 0.05) is 24.4 Å². The van der Waals surface area contributed by atoms with Crippen LogP contribution in [0.2, 0.25) is 0 Å². The van der Waals surface area contributed by atoms with Crippen LogP contribution in [0.3, 0.4) is 0 Å². The molecule has 3 rings (SSSR count). The number of methoxy groups -OCH3 is 1. The van der Waals surface area contributed by atoms with Crippen LogP contribution in [0.5, 0.6) is 5.75 Å². The van der Waals surface area contributed by atoms with E-state index in [1.165, 1.54) is 11.1 Å². The minimum absolute atomic E-state index is 0.0951. The number of amides is 1. The van der Waals surface area contributed by atoms with E-state index >= 15 is 0 Å². The normalized spacial score (nSPS) is 28.2. The molecule has 0 saturated carbocycles. The second kappa shape index (κ2) is 5.12. The fraction of sp³-hybridized carbons (Fsp3) is 0.588. The number of carbonyl (C=O) groups excluding carboxylic acids is 1. The Hall–Kier alpha value is -1.51. The van der Waals surface area contributed by atoms with E-state index in [1.54, 1.807) is 7.11 Å². The Morgan fingerprint density at radius 1 is 1.40 bits per heavy atom. The molecule has 1 amide bonds. The number of hydrogen-bond acceptors (Lipinski definition) is 2. The lowest BCUT2D eigenvalue weighted by Crippen LogP contribution is -2.37. The molecule has 0 radical (unpaired) electrons. The van der Waals surface area contributed by atoms with Gasteiger partial charge in [0.15, 0.2) is 0 Å². The van der Waals surface area contributed by atoms with Crippen LogP contribution in [-0.2, 0) is 11.2 Å². The second-order valence-corrected chi connectivity index (χ2v) is 6.02. The molecule has 1 aliphatic carbocycles. The molecular formula is C17H23NO2. The summed E-state index contributed by atoms with van der Waals surface area (Å²) in [6, 6.07) is 6.73. The first-order chi connectivity index (χ1) is 9.67. The molecule has 1 aromatic rings. The molecule has 20 heavy (non-hydrogen) atoms. The summed E-state index contributed by atoms with van der Waals surface area (Å²) in [7, 11) is 1.70. The number of rotatable bonds is 3. The Morgan fingerprint density at radius 3 is 2.90 bits per heavy atom. The van der Waals surface area contributed by atoms with Crippen LogP contribution in [0, 0.1) is 5.92 Å². The van der Waals surface area contributed by atoms with E-state index in [-0.39, 0.29) is 5.92 Å². The molecule has 1 aromatic carbocycles. The van der Waals surface area contributed by atoms with Gasteiger partial charge < -0.3 is 9.64 Å². The van der Waals surface area contributed by atoms with Crippen LogP contribution >= 0.6 is 0 Å². The summed E-state index contributed by atoms with van der Waals surface area (Å²) in [6.07, 6.45) is 3.20. The minimum atomic E-state index is 0.0951. The van der Waals surface area contributed by atoms with Crippen LogP contribution < -0.4 is 4.74 Å². The fourth-order valence-corrected chi connectivity index (χ4v) is 3.98. The lowest BCUT2D eigenvalue weighted by Gasteiger charge is -2.33. The highest BCUT2D eigenvalue weighted by Crippen LogP contribution is 2.46. The topological polar surface area (TPSA) is 29.5 Å². The van der Waals surface area contributed by atoms with Gasteiger partial charge in [0.05, 0.1) is 7.11 Å². The van der Waals surface area contributed by atoms with E-state index in [9.17, 15) is 4.79 Å². The number of carbonyl (C=O) groups is 1. The van der Waals surface area contributed by atoms with Crippen molar-refractivity contribution in [2.45, 2.75) is 45.1 Å². The van der Waals surface area contributed by atoms with Crippen LogP contribution in [-0.4, -0.2) is 30.5 Å². The molecule has 1 heterocycles. The first-order valence-corrected chi connectivity index (χ1v) is 7.64. The zero-order valence-electron chi connectivity index (χ0n) is 12.6. The van der Waals surface area contributed by atoms with Gasteiger partial charge in [-0.25, -0.2) is 0 Å². The number of aryl methyl sites for hydroxylation is 1. The summed E-state index contributed by atoms with van der Waals surface area (Å²) < 4.78 is 5.37. The second-order valence-electron chi connectivity index (χ2n) is 6.02. The number of likely N-dealkylation sites (tertiary alicyclic amines) is 1. The van der Waals surface area contributed by atoms with Gasteiger partial charge in [-0.1, -0.05) is 19.9 Å². The zero-order chi connectivity index (χ0) is 14.3. The van der Waals surface area contributed by atoms with E-state index in [1.807, 2.05) is 6.07 Å². The average molecular weight is 273 g/mol. The third-order valence-corrected chi connectivity index (χ3v) is 4.91. The maximum absolute atomic E-state index is 12.5. The smallest absolute Gasteiger partial charge is 0.226 e. The van der Waals surface area contributed by atoms with Crippen molar-refractivity contribution in [3.05, 3.63) is 29.3 Å². The quantitative estimate of drug-likeness (QED) is 0.847. The molecule has 3 nitrogen and oxygen atoms in total. The van der Waals surface area contributed by atoms with Crippen molar-refractivity contribution in [1.29, 1.82) is 0 Å². The SMILES string of the molecule is CCCN1C(=O)[C@H](C)[C@@H]2c3cc(OC)ccc3CC[C@@H]21. The summed E-state index contributed by atoms with van der Waals surface area (Å²) in [4.78, 5) is 14.6. The molecule has 2 aliphatic rings. The van der Waals surface area contributed by atoms with Gasteiger partial charge in [0.1, 0.15) is 5.75 Å². The highest BCUT2D eigenvalue weighted by Gasteiger charge is 2.47. The van der Waals surface area contributed by atoms with Crippen molar-refractivity contribution in [1.82, 2.24) is 4.90 Å². The van der Waals surface area contributed by atoms with Gasteiger partial charge in [-0.3, -0.25) is 4.79 Å². The Bertz CT molecular complexity index is 526. The first-order valence-electron chi connectivity index (χ1n) is 7.64. The lowest BCUT2D eigenvalue weighted by atomic mass is 9.76. The van der Waals surface area contributed by atoms with Gasteiger partial charge in [-0.05, 0) is 42.5 Å². The van der Waals surface area contributed by atoms with E-state index in [2.05, 4.69) is 30.9 Å². The molecule has 0 spiro atoms. The Labute approximate surface area is 120 Å². The summed E-state index contributed by atoms with van der Waals surface area (Å²) in [5.41, 5.74) is 2.73. The highest BCUT2D eigenvalue weighted by molar-refractivity contribution is 5.83. The van der Waals surface area contributed by atoms with E-state index in [4.69, 9.17) is 4.74 Å². The zero-order valence-corrected chi connectivity index (χ0v) is 12.6. The molecule has 1 aliphatic heterocycles. The maximum Gasteiger partial charge on any atom is 0.226 e. The van der Waals surface area contributed by atoms with E-state index in [0.717, 1.165) is 31.6 Å². The molecule has 0 unspecified atom stereocenters. The molecular weight excluding hydrogens is 250 g/mol. The van der Waals surface area contributed by atoms with Gasteiger partial charge in [0.25, 0.3) is 0 Å². The van der Waals surface area contributed by atoms with Crippen LogP contribution in [0.15, 0.2) is 18.2 Å². The predicted octanol–water partition coefficient (Wildman–Crippen LogP) is 2.98. The van der Waals surface area contributed by atoms with Crippen molar-refractivity contribution < 1.29 is 9.53 Å². The minimum Gasteiger partial charge on any atom is -0.497 e. The van der Waals surface area contributed by atoms with Gasteiger partial charge in [-0.2, -0.15) is 0 Å². The molecule has 0 N–H and O–H groups in total. The molecule has 3 heteroatoms. The molecule has 0 aromatic heterocycles. The first kappa shape index (κ1) is 13.5. The lowest BCUT2D eigenvalue weighted by molar-refractivity contribution is -0.131. The summed E-state index contributed by atoms with van der Waals surface area (Å²) in [5.74, 6) is 1.67. The number of fused-ring (bicyclic) bond motifs is 3. The third kappa shape index (κ3) is 1.91. The molecule has 1 fully saturated rings. The summed E-state index contributed by atoms with van der Waals surface area (Å²) in [6.45, 7) is 5.12. The maximum atomic E-state index is 12.5. The summed E-state index contributed by atoms with van der Waals surface area (Å²) in [5, 5.41) is 0. The predicted molar refractivity (Wildman–Crippen MR) is 79.0 cm³/mol. The van der Waals surface area contributed by atoms with Gasteiger partial charge >= 0.3 is 0 Å². The third-order valence-electron chi connectivity index (χ3n) is 4.91. The summed E-state index contributed by atoms with van der Waals surface area (Å²) >= 11 is 0. The fourth-order valence-electron chi connectivity index (χ4n) is 3.98. The number of benzene rings is 1. The van der Waals surface area contributed by atoms with Crippen molar-refractivity contribution in [2.75, 3.05) is 13.7 Å². The Kier molecular flexibility index (Phi) is 3.45. The molecule has 108 valence electrons. The van der Waals surface area contributed by atoms with Crippen LogP contribution in [0.4, 0.5) is 0 Å². The number of ether oxygens (including phenoxy) is 1. The van der Waals surface area contributed by atoms with Crippen LogP contribution in [0.25, 0.3) is 0 Å². The van der Waals surface area contributed by atoms with Crippen LogP contribution in [0.1, 0.15) is 43.7 Å². The Morgan fingerprint density at radius 2 is 2.20 bits per heavy atom. The average Bonchev–Trinajstić information content (AvgIpc) is 2.72.